The largest absolute Gasteiger partial charge is 0.372 e. The zero-order chi connectivity index (χ0) is 21.7. The van der Waals surface area contributed by atoms with Crippen LogP contribution in [-0.2, 0) is 11.3 Å². The Morgan fingerprint density at radius 2 is 1.77 bits per heavy atom. The molecule has 0 saturated heterocycles. The van der Waals surface area contributed by atoms with Crippen LogP contribution in [0, 0.1) is 6.92 Å². The van der Waals surface area contributed by atoms with Crippen LogP contribution in [0.15, 0.2) is 63.9 Å². The number of hydrogen-bond acceptors (Lipinski definition) is 4. The lowest BCUT2D eigenvalue weighted by molar-refractivity contribution is -0.117. The number of benzene rings is 2. The predicted octanol–water partition coefficient (Wildman–Crippen LogP) is 4.47. The summed E-state index contributed by atoms with van der Waals surface area (Å²) in [6.45, 7) is 7.88. The van der Waals surface area contributed by atoms with Crippen LogP contribution in [0.3, 0.4) is 0 Å². The van der Waals surface area contributed by atoms with E-state index in [9.17, 15) is 9.59 Å². The second kappa shape index (κ2) is 9.71. The molecule has 0 radical (unpaired) electrons. The minimum absolute atomic E-state index is 0.152. The highest BCUT2D eigenvalue weighted by Gasteiger charge is 2.11. The van der Waals surface area contributed by atoms with E-state index in [-0.39, 0.29) is 18.0 Å². The highest BCUT2D eigenvalue weighted by atomic mass is 79.9. The molecule has 0 atom stereocenters. The zero-order valence-electron chi connectivity index (χ0n) is 17.4. The highest BCUT2D eigenvalue weighted by molar-refractivity contribution is 9.10. The van der Waals surface area contributed by atoms with Gasteiger partial charge in [0, 0.05) is 40.6 Å². The van der Waals surface area contributed by atoms with E-state index in [1.165, 1.54) is 10.7 Å². The molecule has 1 heterocycles. The molecule has 156 valence electrons. The van der Waals surface area contributed by atoms with E-state index in [0.717, 1.165) is 40.1 Å². The first-order chi connectivity index (χ1) is 14.4. The van der Waals surface area contributed by atoms with Gasteiger partial charge in [-0.2, -0.15) is 5.10 Å². The molecular formula is C23H25BrN4O2. The summed E-state index contributed by atoms with van der Waals surface area (Å²) >= 11 is 3.40. The fourth-order valence-corrected chi connectivity index (χ4v) is 3.50. The lowest BCUT2D eigenvalue weighted by atomic mass is 10.1. The van der Waals surface area contributed by atoms with E-state index < -0.39 is 0 Å². The molecule has 0 unspecified atom stereocenters. The molecule has 7 heteroatoms. The molecule has 0 aliphatic carbocycles. The first kappa shape index (κ1) is 21.8. The van der Waals surface area contributed by atoms with Gasteiger partial charge >= 0.3 is 0 Å². The molecule has 0 fully saturated rings. The fraction of sp³-hybridized carbons (Fsp3) is 0.261. The number of anilines is 2. The molecule has 0 spiro atoms. The van der Waals surface area contributed by atoms with Crippen molar-refractivity contribution in [3.63, 3.8) is 0 Å². The maximum Gasteiger partial charge on any atom is 0.267 e. The molecule has 3 rings (SSSR count). The van der Waals surface area contributed by atoms with Gasteiger partial charge in [0.15, 0.2) is 0 Å². The van der Waals surface area contributed by atoms with Crippen LogP contribution in [0.4, 0.5) is 11.4 Å². The maximum atomic E-state index is 12.6. The molecule has 1 aromatic heterocycles. The Labute approximate surface area is 184 Å². The van der Waals surface area contributed by atoms with Gasteiger partial charge in [0.05, 0.1) is 5.69 Å². The topological polar surface area (TPSA) is 67.2 Å². The van der Waals surface area contributed by atoms with E-state index in [1.54, 1.807) is 6.07 Å². The standard InChI is InChI=1S/C23H25BrN4O2/c1-4-27(5-2)19-10-11-20(16(3)14-19)25-22(29)15-28-23(30)13-12-21(26-28)17-6-8-18(24)9-7-17/h6-14H,4-5,15H2,1-3H3,(H,25,29). The molecule has 6 nitrogen and oxygen atoms in total. The summed E-state index contributed by atoms with van der Waals surface area (Å²) in [6.07, 6.45) is 0. The molecule has 2 aromatic carbocycles. The Morgan fingerprint density at radius 3 is 2.40 bits per heavy atom. The number of nitrogens with zero attached hydrogens (tertiary/aromatic N) is 3. The monoisotopic (exact) mass is 468 g/mol. The van der Waals surface area contributed by atoms with Crippen LogP contribution in [0.1, 0.15) is 19.4 Å². The van der Waals surface area contributed by atoms with Gasteiger partial charge in [0.2, 0.25) is 5.91 Å². The molecule has 0 aliphatic rings. The lowest BCUT2D eigenvalue weighted by Crippen LogP contribution is -2.29. The van der Waals surface area contributed by atoms with Gasteiger partial charge in [-0.15, -0.1) is 0 Å². The minimum atomic E-state index is -0.320. The van der Waals surface area contributed by atoms with Crippen molar-refractivity contribution in [2.24, 2.45) is 0 Å². The third-order valence-electron chi connectivity index (χ3n) is 4.91. The summed E-state index contributed by atoms with van der Waals surface area (Å²) in [5, 5.41) is 7.25. The van der Waals surface area contributed by atoms with Gasteiger partial charge in [-0.25, -0.2) is 4.68 Å². The van der Waals surface area contributed by atoms with Gasteiger partial charge in [-0.1, -0.05) is 28.1 Å². The number of aromatic nitrogens is 2. The molecule has 3 aromatic rings. The van der Waals surface area contributed by atoms with Crippen molar-refractivity contribution in [1.82, 2.24) is 9.78 Å². The summed E-state index contributed by atoms with van der Waals surface area (Å²) in [4.78, 5) is 27.0. The Hall–Kier alpha value is -2.93. The number of halogens is 1. The number of carbonyl (C=O) groups is 1. The molecule has 0 aliphatic heterocycles. The fourth-order valence-electron chi connectivity index (χ4n) is 3.24. The number of aryl methyl sites for hydroxylation is 1. The van der Waals surface area contributed by atoms with Crippen molar-refractivity contribution < 1.29 is 4.79 Å². The number of hydrogen-bond donors (Lipinski definition) is 1. The van der Waals surface area contributed by atoms with E-state index in [1.807, 2.05) is 43.3 Å². The molecule has 0 bridgehead atoms. The zero-order valence-corrected chi connectivity index (χ0v) is 18.9. The first-order valence-corrected chi connectivity index (χ1v) is 10.7. The van der Waals surface area contributed by atoms with Crippen molar-refractivity contribution >= 4 is 33.2 Å². The third-order valence-corrected chi connectivity index (χ3v) is 5.44. The van der Waals surface area contributed by atoms with E-state index in [2.05, 4.69) is 51.2 Å². The number of amides is 1. The predicted molar refractivity (Wildman–Crippen MR) is 125 cm³/mol. The smallest absolute Gasteiger partial charge is 0.267 e. The Morgan fingerprint density at radius 1 is 1.07 bits per heavy atom. The van der Waals surface area contributed by atoms with Crippen LogP contribution >= 0.6 is 15.9 Å². The summed E-state index contributed by atoms with van der Waals surface area (Å²) in [7, 11) is 0. The molecule has 30 heavy (non-hydrogen) atoms. The Kier molecular flexibility index (Phi) is 7.05. The second-order valence-electron chi connectivity index (χ2n) is 6.94. The number of nitrogens with one attached hydrogen (secondary N) is 1. The van der Waals surface area contributed by atoms with Crippen LogP contribution in [0.5, 0.6) is 0 Å². The maximum absolute atomic E-state index is 12.6. The molecular weight excluding hydrogens is 444 g/mol. The van der Waals surface area contributed by atoms with Gasteiger partial charge in [-0.3, -0.25) is 9.59 Å². The van der Waals surface area contributed by atoms with Crippen molar-refractivity contribution in [2.45, 2.75) is 27.3 Å². The minimum Gasteiger partial charge on any atom is -0.372 e. The second-order valence-corrected chi connectivity index (χ2v) is 7.86. The summed E-state index contributed by atoms with van der Waals surface area (Å²) in [5.41, 5.74) is 4.00. The van der Waals surface area contributed by atoms with Crippen molar-refractivity contribution in [1.29, 1.82) is 0 Å². The van der Waals surface area contributed by atoms with Gasteiger partial charge in [0.1, 0.15) is 6.54 Å². The van der Waals surface area contributed by atoms with Crippen LogP contribution in [-0.4, -0.2) is 28.8 Å². The van der Waals surface area contributed by atoms with Crippen molar-refractivity contribution in [3.05, 3.63) is 75.0 Å². The third kappa shape index (κ3) is 5.16. The average molecular weight is 469 g/mol. The number of rotatable bonds is 7. The van der Waals surface area contributed by atoms with E-state index >= 15 is 0 Å². The summed E-state index contributed by atoms with van der Waals surface area (Å²) in [5.74, 6) is -0.295. The van der Waals surface area contributed by atoms with Crippen molar-refractivity contribution in [3.8, 4) is 11.3 Å². The van der Waals surface area contributed by atoms with Crippen molar-refractivity contribution in [2.75, 3.05) is 23.3 Å². The average Bonchev–Trinajstić information content (AvgIpc) is 2.73. The first-order valence-electron chi connectivity index (χ1n) is 9.90. The molecule has 1 amide bonds. The number of carbonyl (C=O) groups excluding carboxylic acids is 1. The Balaban J connectivity index is 1.75. The SMILES string of the molecule is CCN(CC)c1ccc(NC(=O)Cn2nc(-c3ccc(Br)cc3)ccc2=O)c(C)c1. The molecule has 1 N–H and O–H groups in total. The van der Waals surface area contributed by atoms with Crippen LogP contribution in [0.2, 0.25) is 0 Å². The van der Waals surface area contributed by atoms with E-state index in [0.29, 0.717) is 5.69 Å². The van der Waals surface area contributed by atoms with E-state index in [4.69, 9.17) is 0 Å². The van der Waals surface area contributed by atoms with Gasteiger partial charge in [0.25, 0.3) is 5.56 Å². The quantitative estimate of drug-likeness (QED) is 0.555. The van der Waals surface area contributed by atoms with Gasteiger partial charge < -0.3 is 10.2 Å². The normalized spacial score (nSPS) is 10.7. The summed E-state index contributed by atoms with van der Waals surface area (Å²) in [6, 6.07) is 16.7. The van der Waals surface area contributed by atoms with Crippen LogP contribution < -0.4 is 15.8 Å². The molecule has 0 saturated carbocycles. The summed E-state index contributed by atoms with van der Waals surface area (Å²) < 4.78 is 2.15. The van der Waals surface area contributed by atoms with Crippen LogP contribution in [0.25, 0.3) is 11.3 Å². The lowest BCUT2D eigenvalue weighted by Gasteiger charge is -2.22. The van der Waals surface area contributed by atoms with Gasteiger partial charge in [-0.05, 0) is 62.7 Å². The Bertz CT molecular complexity index is 1090. The highest BCUT2D eigenvalue weighted by Crippen LogP contribution is 2.23.